The first-order valence-corrected chi connectivity index (χ1v) is 7.99. The van der Waals surface area contributed by atoms with E-state index in [4.69, 9.17) is 0 Å². The molecule has 0 spiro atoms. The standard InChI is InChI=1S/C14H23N3OS/c1-10(2)14-17-12(9-19-14)13(18)16-7-5-11-4-3-6-15-8-11/h9-11,15H,3-8H2,1-2H3,(H,16,18). The minimum Gasteiger partial charge on any atom is -0.351 e. The summed E-state index contributed by atoms with van der Waals surface area (Å²) in [5, 5.41) is 9.26. The first-order valence-electron chi connectivity index (χ1n) is 7.11. The van der Waals surface area contributed by atoms with E-state index in [-0.39, 0.29) is 5.91 Å². The molecule has 5 heteroatoms. The molecule has 2 rings (SSSR count). The molecule has 1 atom stereocenters. The summed E-state index contributed by atoms with van der Waals surface area (Å²) in [4.78, 5) is 16.3. The van der Waals surface area contributed by atoms with Gasteiger partial charge in [0.1, 0.15) is 5.69 Å². The van der Waals surface area contributed by atoms with Crippen LogP contribution in [0.15, 0.2) is 5.38 Å². The number of rotatable bonds is 5. The maximum absolute atomic E-state index is 11.9. The number of hydrogen-bond donors (Lipinski definition) is 2. The molecule has 1 unspecified atom stereocenters. The van der Waals surface area contributed by atoms with Crippen molar-refractivity contribution in [3.8, 4) is 0 Å². The van der Waals surface area contributed by atoms with Gasteiger partial charge in [0.25, 0.3) is 5.91 Å². The van der Waals surface area contributed by atoms with Crippen molar-refractivity contribution in [1.82, 2.24) is 15.6 Å². The molecule has 1 aromatic heterocycles. The molecule has 2 N–H and O–H groups in total. The molecule has 19 heavy (non-hydrogen) atoms. The van der Waals surface area contributed by atoms with E-state index in [2.05, 4.69) is 29.5 Å². The van der Waals surface area contributed by atoms with E-state index in [1.165, 1.54) is 12.8 Å². The SMILES string of the molecule is CC(C)c1nc(C(=O)NCCC2CCCNC2)cs1. The number of nitrogens with zero attached hydrogens (tertiary/aromatic N) is 1. The molecule has 0 aromatic carbocycles. The van der Waals surface area contributed by atoms with E-state index >= 15 is 0 Å². The zero-order valence-corrected chi connectivity index (χ0v) is 12.6. The van der Waals surface area contributed by atoms with Crippen molar-refractivity contribution in [1.29, 1.82) is 0 Å². The molecule has 0 bridgehead atoms. The van der Waals surface area contributed by atoms with Gasteiger partial charge in [-0.1, -0.05) is 13.8 Å². The van der Waals surface area contributed by atoms with Crippen molar-refractivity contribution >= 4 is 17.2 Å². The van der Waals surface area contributed by atoms with Crippen LogP contribution in [0.1, 0.15) is 54.5 Å². The highest BCUT2D eigenvalue weighted by Gasteiger charge is 2.15. The predicted octanol–water partition coefficient (Wildman–Crippen LogP) is 2.39. The molecule has 1 amide bonds. The lowest BCUT2D eigenvalue weighted by Crippen LogP contribution is -2.33. The van der Waals surface area contributed by atoms with Gasteiger partial charge >= 0.3 is 0 Å². The second kappa shape index (κ2) is 7.01. The summed E-state index contributed by atoms with van der Waals surface area (Å²) in [5.74, 6) is 1.06. The normalized spacial score (nSPS) is 19.6. The highest BCUT2D eigenvalue weighted by molar-refractivity contribution is 7.09. The predicted molar refractivity (Wildman–Crippen MR) is 78.7 cm³/mol. The summed E-state index contributed by atoms with van der Waals surface area (Å²) in [6, 6.07) is 0. The highest BCUT2D eigenvalue weighted by atomic mass is 32.1. The number of carbonyl (C=O) groups is 1. The Bertz CT molecular complexity index is 411. The van der Waals surface area contributed by atoms with E-state index in [1.807, 2.05) is 5.38 Å². The number of piperidine rings is 1. The van der Waals surface area contributed by atoms with Crippen LogP contribution in [-0.2, 0) is 0 Å². The summed E-state index contributed by atoms with van der Waals surface area (Å²) in [6.07, 6.45) is 3.58. The van der Waals surface area contributed by atoms with Crippen LogP contribution in [0.5, 0.6) is 0 Å². The van der Waals surface area contributed by atoms with Crippen LogP contribution < -0.4 is 10.6 Å². The Labute approximate surface area is 119 Å². The van der Waals surface area contributed by atoms with E-state index in [0.717, 1.165) is 31.1 Å². The van der Waals surface area contributed by atoms with Gasteiger partial charge in [0.15, 0.2) is 0 Å². The van der Waals surface area contributed by atoms with Crippen LogP contribution in [0.2, 0.25) is 0 Å². The summed E-state index contributed by atoms with van der Waals surface area (Å²) in [5.41, 5.74) is 0.565. The van der Waals surface area contributed by atoms with Gasteiger partial charge in [0, 0.05) is 17.8 Å². The summed E-state index contributed by atoms with van der Waals surface area (Å²) < 4.78 is 0. The van der Waals surface area contributed by atoms with Crippen LogP contribution in [0.25, 0.3) is 0 Å². The minimum absolute atomic E-state index is 0.0353. The van der Waals surface area contributed by atoms with Gasteiger partial charge in [0.05, 0.1) is 5.01 Å². The first kappa shape index (κ1) is 14.5. The molecule has 1 saturated heterocycles. The first-order chi connectivity index (χ1) is 9.16. The van der Waals surface area contributed by atoms with Crippen molar-refractivity contribution in [3.63, 3.8) is 0 Å². The average Bonchev–Trinajstić information content (AvgIpc) is 2.89. The van der Waals surface area contributed by atoms with E-state index < -0.39 is 0 Å². The zero-order chi connectivity index (χ0) is 13.7. The quantitative estimate of drug-likeness (QED) is 0.871. The van der Waals surface area contributed by atoms with Crippen LogP contribution in [0.4, 0.5) is 0 Å². The largest absolute Gasteiger partial charge is 0.351 e. The van der Waals surface area contributed by atoms with Crippen LogP contribution >= 0.6 is 11.3 Å². The number of aromatic nitrogens is 1. The molecular formula is C14H23N3OS. The van der Waals surface area contributed by atoms with Crippen molar-refractivity contribution in [2.24, 2.45) is 5.92 Å². The van der Waals surface area contributed by atoms with Crippen LogP contribution in [0.3, 0.4) is 0 Å². The molecular weight excluding hydrogens is 258 g/mol. The fraction of sp³-hybridized carbons (Fsp3) is 0.714. The topological polar surface area (TPSA) is 54.0 Å². The molecule has 1 aliphatic rings. The van der Waals surface area contributed by atoms with Gasteiger partial charge in [0.2, 0.25) is 0 Å². The molecule has 1 fully saturated rings. The molecule has 106 valence electrons. The Balaban J connectivity index is 1.74. The second-order valence-electron chi connectivity index (χ2n) is 5.48. The number of nitrogens with one attached hydrogen (secondary N) is 2. The maximum atomic E-state index is 11.9. The van der Waals surface area contributed by atoms with Crippen LogP contribution in [-0.4, -0.2) is 30.5 Å². The van der Waals surface area contributed by atoms with Crippen molar-refractivity contribution < 1.29 is 4.79 Å². The molecule has 1 aromatic rings. The molecule has 0 saturated carbocycles. The third-order valence-electron chi connectivity index (χ3n) is 3.49. The Morgan fingerprint density at radius 2 is 2.47 bits per heavy atom. The van der Waals surface area contributed by atoms with Gasteiger partial charge < -0.3 is 10.6 Å². The van der Waals surface area contributed by atoms with Gasteiger partial charge in [-0.05, 0) is 38.3 Å². The number of thiazole rings is 1. The molecule has 0 aliphatic carbocycles. The number of amides is 1. The molecule has 0 radical (unpaired) electrons. The monoisotopic (exact) mass is 281 g/mol. The van der Waals surface area contributed by atoms with Gasteiger partial charge in [-0.25, -0.2) is 4.98 Å². The maximum Gasteiger partial charge on any atom is 0.270 e. The van der Waals surface area contributed by atoms with Crippen molar-refractivity contribution in [2.45, 2.75) is 39.0 Å². The van der Waals surface area contributed by atoms with Crippen molar-refractivity contribution in [2.75, 3.05) is 19.6 Å². The summed E-state index contributed by atoms with van der Waals surface area (Å²) >= 11 is 1.57. The zero-order valence-electron chi connectivity index (χ0n) is 11.7. The smallest absolute Gasteiger partial charge is 0.270 e. The third kappa shape index (κ3) is 4.28. The number of hydrogen-bond acceptors (Lipinski definition) is 4. The Kier molecular flexibility index (Phi) is 5.34. The van der Waals surface area contributed by atoms with Gasteiger partial charge in [-0.15, -0.1) is 11.3 Å². The minimum atomic E-state index is -0.0353. The second-order valence-corrected chi connectivity index (χ2v) is 6.37. The molecule has 4 nitrogen and oxygen atoms in total. The lowest BCUT2D eigenvalue weighted by molar-refractivity contribution is 0.0946. The third-order valence-corrected chi connectivity index (χ3v) is 4.63. The summed E-state index contributed by atoms with van der Waals surface area (Å²) in [6.45, 7) is 7.16. The fourth-order valence-corrected chi connectivity index (χ4v) is 3.12. The highest BCUT2D eigenvalue weighted by Crippen LogP contribution is 2.19. The van der Waals surface area contributed by atoms with E-state index in [9.17, 15) is 4.79 Å². The summed E-state index contributed by atoms with van der Waals surface area (Å²) in [7, 11) is 0. The van der Waals surface area contributed by atoms with E-state index in [0.29, 0.717) is 17.5 Å². The average molecular weight is 281 g/mol. The number of carbonyl (C=O) groups excluding carboxylic acids is 1. The molecule has 2 heterocycles. The fourth-order valence-electron chi connectivity index (χ4n) is 2.31. The Morgan fingerprint density at radius 1 is 1.63 bits per heavy atom. The lowest BCUT2D eigenvalue weighted by atomic mass is 9.96. The van der Waals surface area contributed by atoms with E-state index in [1.54, 1.807) is 11.3 Å². The van der Waals surface area contributed by atoms with Crippen molar-refractivity contribution in [3.05, 3.63) is 16.1 Å². The van der Waals surface area contributed by atoms with Gasteiger partial charge in [-0.2, -0.15) is 0 Å². The Hall–Kier alpha value is -0.940. The lowest BCUT2D eigenvalue weighted by Gasteiger charge is -2.22. The Morgan fingerprint density at radius 3 is 3.11 bits per heavy atom. The molecule has 1 aliphatic heterocycles. The van der Waals surface area contributed by atoms with Gasteiger partial charge in [-0.3, -0.25) is 4.79 Å². The van der Waals surface area contributed by atoms with Crippen LogP contribution in [0, 0.1) is 5.92 Å².